The minimum absolute atomic E-state index is 0.122. The first-order valence-electron chi connectivity index (χ1n) is 7.33. The van der Waals surface area contributed by atoms with E-state index in [1.54, 1.807) is 4.90 Å². The lowest BCUT2D eigenvalue weighted by molar-refractivity contribution is -0.141. The van der Waals surface area contributed by atoms with Crippen molar-refractivity contribution in [2.45, 2.75) is 51.7 Å². The predicted octanol–water partition coefficient (Wildman–Crippen LogP) is 1.14. The fraction of sp³-hybridized carbons (Fsp3) is 0.857. The highest BCUT2D eigenvalue weighted by Gasteiger charge is 2.41. The second-order valence-corrected chi connectivity index (χ2v) is 6.33. The molecule has 6 heteroatoms. The van der Waals surface area contributed by atoms with Gasteiger partial charge < -0.3 is 20.0 Å². The van der Waals surface area contributed by atoms with Crippen LogP contribution in [0.4, 0.5) is 4.79 Å². The molecule has 0 unspecified atom stereocenters. The highest BCUT2D eigenvalue weighted by Crippen LogP contribution is 2.34. The van der Waals surface area contributed by atoms with Crippen LogP contribution in [0.25, 0.3) is 0 Å². The van der Waals surface area contributed by atoms with Crippen molar-refractivity contribution in [3.63, 3.8) is 0 Å². The van der Waals surface area contributed by atoms with Gasteiger partial charge >= 0.3 is 12.0 Å². The molecule has 0 bridgehead atoms. The third-order valence-electron chi connectivity index (χ3n) is 4.90. The zero-order valence-electron chi connectivity index (χ0n) is 12.2. The highest BCUT2D eigenvalue weighted by atomic mass is 16.4. The summed E-state index contributed by atoms with van der Waals surface area (Å²) in [6.07, 6.45) is 2.38. The molecule has 0 radical (unpaired) electrons. The van der Waals surface area contributed by atoms with Gasteiger partial charge in [0.25, 0.3) is 0 Å². The summed E-state index contributed by atoms with van der Waals surface area (Å²) in [6, 6.07) is -1.14. The molecule has 2 heterocycles. The van der Waals surface area contributed by atoms with Gasteiger partial charge in [-0.3, -0.25) is 0 Å². The van der Waals surface area contributed by atoms with Gasteiger partial charge in [0.15, 0.2) is 0 Å². The van der Waals surface area contributed by atoms with Crippen LogP contribution in [-0.2, 0) is 4.79 Å². The van der Waals surface area contributed by atoms with Crippen molar-refractivity contribution in [2.75, 3.05) is 19.6 Å². The maximum absolute atomic E-state index is 12.4. The van der Waals surface area contributed by atoms with Gasteiger partial charge in [0, 0.05) is 26.1 Å². The number of aliphatic carboxylic acids is 1. The van der Waals surface area contributed by atoms with E-state index < -0.39 is 18.1 Å². The van der Waals surface area contributed by atoms with E-state index in [0.29, 0.717) is 13.1 Å². The Hall–Kier alpha value is -1.30. The van der Waals surface area contributed by atoms with Crippen LogP contribution in [0.1, 0.15) is 39.5 Å². The summed E-state index contributed by atoms with van der Waals surface area (Å²) < 4.78 is 0. The van der Waals surface area contributed by atoms with Crippen molar-refractivity contribution in [3.05, 3.63) is 0 Å². The van der Waals surface area contributed by atoms with Crippen LogP contribution in [-0.4, -0.2) is 63.8 Å². The number of rotatable bonds is 2. The molecule has 0 spiro atoms. The fourth-order valence-electron chi connectivity index (χ4n) is 3.03. The number of carboxylic acids is 1. The van der Waals surface area contributed by atoms with Gasteiger partial charge in [-0.1, -0.05) is 20.3 Å². The summed E-state index contributed by atoms with van der Waals surface area (Å²) in [7, 11) is 0. The van der Waals surface area contributed by atoms with E-state index in [1.807, 2.05) is 0 Å². The second-order valence-electron chi connectivity index (χ2n) is 6.33. The molecule has 0 aromatic carbocycles. The SMILES string of the molecule is CCC1(C)CCN(C(=O)N2C[C@H](O)C[C@H]2C(=O)O)CC1. The molecule has 2 saturated heterocycles. The van der Waals surface area contributed by atoms with Crippen molar-refractivity contribution in [3.8, 4) is 0 Å². The quantitative estimate of drug-likeness (QED) is 0.796. The molecule has 114 valence electrons. The first-order chi connectivity index (χ1) is 9.36. The molecule has 2 atom stereocenters. The molecule has 20 heavy (non-hydrogen) atoms. The topological polar surface area (TPSA) is 81.1 Å². The van der Waals surface area contributed by atoms with Gasteiger partial charge in [0.1, 0.15) is 6.04 Å². The Morgan fingerprint density at radius 1 is 1.30 bits per heavy atom. The number of nitrogens with zero attached hydrogens (tertiary/aromatic N) is 2. The van der Waals surface area contributed by atoms with Crippen molar-refractivity contribution >= 4 is 12.0 Å². The number of carbonyl (C=O) groups excluding carboxylic acids is 1. The van der Waals surface area contributed by atoms with Crippen molar-refractivity contribution in [2.24, 2.45) is 5.41 Å². The number of aliphatic hydroxyl groups excluding tert-OH is 1. The van der Waals surface area contributed by atoms with E-state index in [-0.39, 0.29) is 24.4 Å². The molecule has 2 fully saturated rings. The second kappa shape index (κ2) is 5.60. The average molecular weight is 284 g/mol. The number of hydrogen-bond donors (Lipinski definition) is 2. The minimum atomic E-state index is -1.04. The van der Waals surface area contributed by atoms with Crippen molar-refractivity contribution in [1.82, 2.24) is 9.80 Å². The Kier molecular flexibility index (Phi) is 4.22. The summed E-state index contributed by atoms with van der Waals surface area (Å²) in [5, 5.41) is 18.8. The van der Waals surface area contributed by atoms with E-state index in [0.717, 1.165) is 19.3 Å². The fourth-order valence-corrected chi connectivity index (χ4v) is 3.03. The highest BCUT2D eigenvalue weighted by molar-refractivity contribution is 5.83. The lowest BCUT2D eigenvalue weighted by atomic mass is 9.78. The summed E-state index contributed by atoms with van der Waals surface area (Å²) in [4.78, 5) is 26.6. The van der Waals surface area contributed by atoms with Gasteiger partial charge in [0.05, 0.1) is 6.10 Å². The molecule has 0 aliphatic carbocycles. The number of piperidine rings is 1. The van der Waals surface area contributed by atoms with Gasteiger partial charge in [-0.05, 0) is 18.3 Å². The van der Waals surface area contributed by atoms with E-state index in [2.05, 4.69) is 13.8 Å². The van der Waals surface area contributed by atoms with Crippen LogP contribution in [0.3, 0.4) is 0 Å². The third-order valence-corrected chi connectivity index (χ3v) is 4.90. The first-order valence-corrected chi connectivity index (χ1v) is 7.33. The smallest absolute Gasteiger partial charge is 0.326 e. The summed E-state index contributed by atoms with van der Waals surface area (Å²) in [5.74, 6) is -1.04. The van der Waals surface area contributed by atoms with Gasteiger partial charge in [0.2, 0.25) is 0 Å². The van der Waals surface area contributed by atoms with Gasteiger partial charge in [-0.25, -0.2) is 9.59 Å². The number of carboxylic acid groups (broad SMARTS) is 1. The van der Waals surface area contributed by atoms with Crippen LogP contribution >= 0.6 is 0 Å². The molecule has 2 amide bonds. The van der Waals surface area contributed by atoms with Crippen LogP contribution in [0.15, 0.2) is 0 Å². The lowest BCUT2D eigenvalue weighted by Crippen LogP contribution is -2.51. The number of amides is 2. The van der Waals surface area contributed by atoms with E-state index >= 15 is 0 Å². The summed E-state index contributed by atoms with van der Waals surface area (Å²) >= 11 is 0. The number of β-amino-alcohol motifs (C(OH)–C–C–N with tert-alkyl or cyclic N) is 1. The summed E-state index contributed by atoms with van der Waals surface area (Å²) in [6.45, 7) is 5.85. The number of aliphatic hydroxyl groups is 1. The lowest BCUT2D eigenvalue weighted by Gasteiger charge is -2.40. The summed E-state index contributed by atoms with van der Waals surface area (Å²) in [5.41, 5.74) is 0.285. The molecule has 2 rings (SSSR count). The van der Waals surface area contributed by atoms with E-state index in [9.17, 15) is 14.7 Å². The van der Waals surface area contributed by atoms with Crippen LogP contribution in [0.5, 0.6) is 0 Å². The molecular weight excluding hydrogens is 260 g/mol. The van der Waals surface area contributed by atoms with E-state index in [1.165, 1.54) is 4.90 Å². The van der Waals surface area contributed by atoms with Gasteiger partial charge in [-0.15, -0.1) is 0 Å². The normalized spacial score (nSPS) is 29.6. The Bertz CT molecular complexity index is 391. The van der Waals surface area contributed by atoms with Crippen LogP contribution in [0.2, 0.25) is 0 Å². The Morgan fingerprint density at radius 3 is 2.40 bits per heavy atom. The number of likely N-dealkylation sites (tertiary alicyclic amines) is 2. The van der Waals surface area contributed by atoms with Crippen LogP contribution in [0, 0.1) is 5.41 Å². The molecule has 2 N–H and O–H groups in total. The largest absolute Gasteiger partial charge is 0.480 e. The molecule has 0 saturated carbocycles. The van der Waals surface area contributed by atoms with Crippen molar-refractivity contribution < 1.29 is 19.8 Å². The molecular formula is C14H24N2O4. The van der Waals surface area contributed by atoms with Gasteiger partial charge in [-0.2, -0.15) is 0 Å². The monoisotopic (exact) mass is 284 g/mol. The number of carbonyl (C=O) groups is 2. The number of urea groups is 1. The Morgan fingerprint density at radius 2 is 1.90 bits per heavy atom. The van der Waals surface area contributed by atoms with E-state index in [4.69, 9.17) is 5.11 Å². The molecule has 2 aliphatic rings. The van der Waals surface area contributed by atoms with Crippen molar-refractivity contribution in [1.29, 1.82) is 0 Å². The molecule has 6 nitrogen and oxygen atoms in total. The standard InChI is InChI=1S/C14H24N2O4/c1-3-14(2)4-6-15(7-5-14)13(20)16-9-10(17)8-11(16)12(18)19/h10-11,17H,3-9H2,1-2H3,(H,18,19)/t10-,11+/m1/s1. The average Bonchev–Trinajstić information content (AvgIpc) is 2.81. The Labute approximate surface area is 119 Å². The zero-order chi connectivity index (χ0) is 14.9. The predicted molar refractivity (Wildman–Crippen MR) is 73.4 cm³/mol. The maximum atomic E-state index is 12.4. The zero-order valence-corrected chi connectivity index (χ0v) is 12.2. The first kappa shape index (κ1) is 15.1. The Balaban J connectivity index is 2.00. The molecule has 0 aromatic heterocycles. The number of hydrogen-bond acceptors (Lipinski definition) is 3. The van der Waals surface area contributed by atoms with Crippen LogP contribution < -0.4 is 0 Å². The molecule has 2 aliphatic heterocycles. The maximum Gasteiger partial charge on any atom is 0.326 e. The third kappa shape index (κ3) is 2.90. The molecule has 0 aromatic rings. The minimum Gasteiger partial charge on any atom is -0.480 e.